The maximum atomic E-state index is 14.0. The molecule has 1 aromatic rings. The molecule has 204 valence electrons. The number of nitrogens with one attached hydrogen (secondary N) is 1. The largest absolute Gasteiger partial charge is 0.444 e. The lowest BCUT2D eigenvalue weighted by Crippen LogP contribution is -2.57. The molecule has 2 aliphatic rings. The van der Waals surface area contributed by atoms with Crippen LogP contribution in [0.5, 0.6) is 0 Å². The third-order valence-corrected chi connectivity index (χ3v) is 7.93. The second kappa shape index (κ2) is 12.2. The highest BCUT2D eigenvalue weighted by atomic mass is 32.1. The third-order valence-electron chi connectivity index (χ3n) is 6.98. The molecule has 1 unspecified atom stereocenters. The van der Waals surface area contributed by atoms with Crippen molar-refractivity contribution in [2.24, 2.45) is 5.92 Å². The summed E-state index contributed by atoms with van der Waals surface area (Å²) in [5, 5.41) is 5.47. The number of likely N-dealkylation sites (tertiary alicyclic amines) is 1. The smallest absolute Gasteiger partial charge is 0.410 e. The predicted molar refractivity (Wildman–Crippen MR) is 142 cm³/mol. The van der Waals surface area contributed by atoms with E-state index in [-0.39, 0.29) is 23.7 Å². The monoisotopic (exact) mass is 532 g/mol. The Morgan fingerprint density at radius 1 is 1.19 bits per heavy atom. The Hall–Kier alpha value is -2.75. The standard InChI is InChI=1S/C27H40N4O5S/c1-7-20(30(6)26(35)36-27(3,4)5)23(33)29-22(18-12-9-8-10-13-18)25(34)31-15-11-14-21(31)24-28-19(16-37-24)17(2)32/h7,16,18,20-22H,1,8-15H2,2-6H3,(H,29,33)/t20-,21?,22-/m0/s1. The molecule has 1 aliphatic carbocycles. The highest BCUT2D eigenvalue weighted by Gasteiger charge is 2.41. The van der Waals surface area contributed by atoms with Crippen LogP contribution in [-0.4, -0.2) is 69.8 Å². The molecule has 0 spiro atoms. The van der Waals surface area contributed by atoms with Crippen molar-refractivity contribution in [1.29, 1.82) is 0 Å². The van der Waals surface area contributed by atoms with Crippen LogP contribution in [0.25, 0.3) is 0 Å². The lowest BCUT2D eigenvalue weighted by molar-refractivity contribution is -0.140. The first-order chi connectivity index (χ1) is 17.4. The number of carbonyl (C=O) groups excluding carboxylic acids is 4. The highest BCUT2D eigenvalue weighted by Crippen LogP contribution is 2.36. The number of ketones is 1. The van der Waals surface area contributed by atoms with E-state index in [0.29, 0.717) is 12.2 Å². The fourth-order valence-electron chi connectivity index (χ4n) is 5.04. The van der Waals surface area contributed by atoms with Crippen LogP contribution in [-0.2, 0) is 14.3 Å². The van der Waals surface area contributed by atoms with E-state index in [4.69, 9.17) is 4.74 Å². The van der Waals surface area contributed by atoms with Crippen molar-refractivity contribution in [2.75, 3.05) is 13.6 Å². The Balaban J connectivity index is 1.81. The fraction of sp³-hybridized carbons (Fsp3) is 0.667. The number of thiazole rings is 1. The molecule has 9 nitrogen and oxygen atoms in total. The number of carbonyl (C=O) groups is 4. The highest BCUT2D eigenvalue weighted by molar-refractivity contribution is 7.09. The molecule has 3 atom stereocenters. The number of Topliss-reactive ketones (excluding diaryl/α,β-unsaturated/α-hetero) is 1. The van der Waals surface area contributed by atoms with E-state index in [0.717, 1.165) is 50.0 Å². The van der Waals surface area contributed by atoms with E-state index in [9.17, 15) is 19.2 Å². The van der Waals surface area contributed by atoms with Gasteiger partial charge in [-0.15, -0.1) is 17.9 Å². The maximum Gasteiger partial charge on any atom is 0.410 e. The Morgan fingerprint density at radius 2 is 1.86 bits per heavy atom. The first-order valence-corrected chi connectivity index (χ1v) is 14.0. The number of hydrogen-bond donors (Lipinski definition) is 1. The summed E-state index contributed by atoms with van der Waals surface area (Å²) < 4.78 is 5.42. The van der Waals surface area contributed by atoms with Gasteiger partial charge in [-0.05, 0) is 52.4 Å². The number of aromatic nitrogens is 1. The van der Waals surface area contributed by atoms with Gasteiger partial charge in [-0.3, -0.25) is 19.3 Å². The van der Waals surface area contributed by atoms with E-state index < -0.39 is 29.7 Å². The average molecular weight is 533 g/mol. The Bertz CT molecular complexity index is 1010. The quantitative estimate of drug-likeness (QED) is 0.390. The summed E-state index contributed by atoms with van der Waals surface area (Å²) in [6.07, 6.45) is 7.16. The first-order valence-electron chi connectivity index (χ1n) is 13.1. The first kappa shape index (κ1) is 28.8. The second-order valence-corrected chi connectivity index (χ2v) is 11.9. The summed E-state index contributed by atoms with van der Waals surface area (Å²) in [7, 11) is 1.49. The van der Waals surface area contributed by atoms with Crippen molar-refractivity contribution < 1.29 is 23.9 Å². The molecule has 37 heavy (non-hydrogen) atoms. The minimum Gasteiger partial charge on any atom is -0.444 e. The van der Waals surface area contributed by atoms with E-state index in [1.807, 2.05) is 4.90 Å². The zero-order chi connectivity index (χ0) is 27.3. The molecule has 1 N–H and O–H groups in total. The minimum atomic E-state index is -0.986. The second-order valence-electron chi connectivity index (χ2n) is 11.0. The molecule has 2 heterocycles. The fourth-order valence-corrected chi connectivity index (χ4v) is 6.05. The number of rotatable bonds is 8. The normalized spacial score (nSPS) is 20.1. The van der Waals surface area contributed by atoms with Crippen LogP contribution >= 0.6 is 11.3 Å². The summed E-state index contributed by atoms with van der Waals surface area (Å²) in [5.74, 6) is -0.690. The maximum absolute atomic E-state index is 14.0. The topological polar surface area (TPSA) is 109 Å². The van der Waals surface area contributed by atoms with Crippen molar-refractivity contribution >= 4 is 35.0 Å². The molecule has 0 aromatic carbocycles. The summed E-state index contributed by atoms with van der Waals surface area (Å²) in [5.41, 5.74) is -0.299. The number of ether oxygens (including phenoxy) is 1. The van der Waals surface area contributed by atoms with E-state index in [1.54, 1.807) is 26.2 Å². The summed E-state index contributed by atoms with van der Waals surface area (Å²) in [4.78, 5) is 59.3. The van der Waals surface area contributed by atoms with Crippen LogP contribution in [0.2, 0.25) is 0 Å². The van der Waals surface area contributed by atoms with Crippen LogP contribution in [0.4, 0.5) is 4.79 Å². The van der Waals surface area contributed by atoms with Crippen molar-refractivity contribution in [2.45, 2.75) is 96.4 Å². The molecule has 0 bridgehead atoms. The van der Waals surface area contributed by atoms with Crippen molar-refractivity contribution in [3.8, 4) is 0 Å². The summed E-state index contributed by atoms with van der Waals surface area (Å²) in [6.45, 7) is 11.1. The molecule has 10 heteroatoms. The van der Waals surface area contributed by atoms with Gasteiger partial charge < -0.3 is 15.0 Å². The Labute approximate surface area is 223 Å². The molecule has 1 saturated heterocycles. The van der Waals surface area contributed by atoms with E-state index in [2.05, 4.69) is 16.9 Å². The SMILES string of the molecule is C=C[C@@H](C(=O)N[C@H](C(=O)N1CCCC1c1nc(C(C)=O)cs1)C1CCCCC1)N(C)C(=O)OC(C)(C)C. The Morgan fingerprint density at radius 3 is 2.43 bits per heavy atom. The van der Waals surface area contributed by atoms with Crippen LogP contribution < -0.4 is 5.32 Å². The van der Waals surface area contributed by atoms with Gasteiger partial charge in [0.05, 0.1) is 6.04 Å². The van der Waals surface area contributed by atoms with Gasteiger partial charge in [-0.1, -0.05) is 25.3 Å². The van der Waals surface area contributed by atoms with Crippen molar-refractivity contribution in [1.82, 2.24) is 20.1 Å². The zero-order valence-corrected chi connectivity index (χ0v) is 23.4. The molecule has 0 radical (unpaired) electrons. The van der Waals surface area contributed by atoms with Crippen LogP contribution in [0, 0.1) is 5.92 Å². The Kier molecular flexibility index (Phi) is 9.50. The molecule has 2 fully saturated rings. The predicted octanol–water partition coefficient (Wildman–Crippen LogP) is 4.50. The molecule has 1 saturated carbocycles. The molecule has 3 rings (SSSR count). The molecule has 3 amide bonds. The van der Waals surface area contributed by atoms with Crippen LogP contribution in [0.1, 0.15) is 94.2 Å². The van der Waals surface area contributed by atoms with Gasteiger partial charge in [0.1, 0.15) is 28.4 Å². The van der Waals surface area contributed by atoms with Crippen molar-refractivity contribution in [3.63, 3.8) is 0 Å². The third kappa shape index (κ3) is 7.18. The van der Waals surface area contributed by atoms with Gasteiger partial charge in [0.15, 0.2) is 5.78 Å². The molecule has 1 aliphatic heterocycles. The van der Waals surface area contributed by atoms with Gasteiger partial charge in [-0.2, -0.15) is 0 Å². The summed E-state index contributed by atoms with van der Waals surface area (Å²) in [6, 6.07) is -1.91. The van der Waals surface area contributed by atoms with Crippen molar-refractivity contribution in [3.05, 3.63) is 28.7 Å². The number of nitrogens with zero attached hydrogens (tertiary/aromatic N) is 3. The average Bonchev–Trinajstić information content (AvgIpc) is 3.52. The van der Waals surface area contributed by atoms with Gasteiger partial charge in [0.25, 0.3) is 0 Å². The number of amides is 3. The van der Waals surface area contributed by atoms with E-state index in [1.165, 1.54) is 36.3 Å². The van der Waals surface area contributed by atoms with Gasteiger partial charge >= 0.3 is 6.09 Å². The lowest BCUT2D eigenvalue weighted by Gasteiger charge is -2.36. The van der Waals surface area contributed by atoms with Gasteiger partial charge in [0, 0.05) is 25.9 Å². The zero-order valence-electron chi connectivity index (χ0n) is 22.6. The van der Waals surface area contributed by atoms with Crippen LogP contribution in [0.15, 0.2) is 18.0 Å². The van der Waals surface area contributed by atoms with Crippen LogP contribution in [0.3, 0.4) is 0 Å². The van der Waals surface area contributed by atoms with E-state index >= 15 is 0 Å². The number of likely N-dealkylation sites (N-methyl/N-ethyl adjacent to an activating group) is 1. The van der Waals surface area contributed by atoms with Gasteiger partial charge in [0.2, 0.25) is 11.8 Å². The minimum absolute atomic E-state index is 0.00724. The molecular formula is C27H40N4O5S. The lowest BCUT2D eigenvalue weighted by atomic mass is 9.83. The molecule has 1 aromatic heterocycles. The molecular weight excluding hydrogens is 492 g/mol. The summed E-state index contributed by atoms with van der Waals surface area (Å²) >= 11 is 1.39. The van der Waals surface area contributed by atoms with Gasteiger partial charge in [-0.25, -0.2) is 9.78 Å². The number of hydrogen-bond acceptors (Lipinski definition) is 7.